The van der Waals surface area contributed by atoms with E-state index in [1.165, 1.54) is 0 Å². The van der Waals surface area contributed by atoms with Gasteiger partial charge in [-0.3, -0.25) is 9.59 Å². The van der Waals surface area contributed by atoms with Gasteiger partial charge in [-0.15, -0.1) is 0 Å². The number of carbonyl (C=O) groups excluding carboxylic acids is 2. The van der Waals surface area contributed by atoms with Crippen LogP contribution in [-0.4, -0.2) is 25.0 Å². The van der Waals surface area contributed by atoms with Crippen LogP contribution in [0.4, 0.5) is 5.69 Å². The van der Waals surface area contributed by atoms with Crippen LogP contribution in [0.25, 0.3) is 0 Å². The van der Waals surface area contributed by atoms with Crippen molar-refractivity contribution in [2.75, 3.05) is 12.4 Å². The predicted octanol–water partition coefficient (Wildman–Crippen LogP) is 3.37. The zero-order chi connectivity index (χ0) is 17.1. The molecule has 24 heavy (non-hydrogen) atoms. The number of anilines is 1. The molecule has 2 fully saturated rings. The van der Waals surface area contributed by atoms with Crippen molar-refractivity contribution in [2.45, 2.75) is 44.6 Å². The van der Waals surface area contributed by atoms with Gasteiger partial charge in [-0.2, -0.15) is 0 Å². The molecule has 6 heteroatoms. The second-order valence-corrected chi connectivity index (χ2v) is 7.10. The number of nitrogens with one attached hydrogen (secondary N) is 2. The Morgan fingerprint density at radius 2 is 1.67 bits per heavy atom. The molecule has 0 atom stereocenters. The van der Waals surface area contributed by atoms with Gasteiger partial charge >= 0.3 is 0 Å². The molecule has 1 aromatic carbocycles. The highest BCUT2D eigenvalue weighted by Gasteiger charge is 2.32. The minimum Gasteiger partial charge on any atom is -0.495 e. The highest BCUT2D eigenvalue weighted by molar-refractivity contribution is 6.31. The Kier molecular flexibility index (Phi) is 5.29. The van der Waals surface area contributed by atoms with E-state index in [9.17, 15) is 9.59 Å². The summed E-state index contributed by atoms with van der Waals surface area (Å²) in [5.41, 5.74) is 0.587. The summed E-state index contributed by atoms with van der Waals surface area (Å²) in [7, 11) is 1.56. The number of methoxy groups -OCH3 is 1. The number of hydrogen-bond acceptors (Lipinski definition) is 3. The number of amides is 2. The van der Waals surface area contributed by atoms with Crippen molar-refractivity contribution in [2.24, 2.45) is 11.8 Å². The van der Waals surface area contributed by atoms with Gasteiger partial charge in [0.05, 0.1) is 12.8 Å². The topological polar surface area (TPSA) is 67.4 Å². The Balaban J connectivity index is 1.53. The quantitative estimate of drug-likeness (QED) is 0.855. The third kappa shape index (κ3) is 4.20. The Bertz CT molecular complexity index is 623. The summed E-state index contributed by atoms with van der Waals surface area (Å²) in [6.45, 7) is 0. The van der Waals surface area contributed by atoms with E-state index < -0.39 is 0 Å². The van der Waals surface area contributed by atoms with Gasteiger partial charge in [-0.05, 0) is 56.7 Å². The summed E-state index contributed by atoms with van der Waals surface area (Å²) >= 11 is 5.99. The summed E-state index contributed by atoms with van der Waals surface area (Å²) in [4.78, 5) is 24.6. The first-order chi connectivity index (χ1) is 11.6. The van der Waals surface area contributed by atoms with E-state index in [0.29, 0.717) is 22.5 Å². The van der Waals surface area contributed by atoms with Crippen LogP contribution in [0.5, 0.6) is 5.75 Å². The molecule has 2 saturated carbocycles. The fourth-order valence-corrected chi connectivity index (χ4v) is 3.35. The van der Waals surface area contributed by atoms with Crippen molar-refractivity contribution < 1.29 is 14.3 Å². The van der Waals surface area contributed by atoms with Crippen molar-refractivity contribution in [1.82, 2.24) is 5.32 Å². The Hall–Kier alpha value is -1.75. The third-order valence-electron chi connectivity index (χ3n) is 4.81. The van der Waals surface area contributed by atoms with Gasteiger partial charge in [-0.25, -0.2) is 0 Å². The summed E-state index contributed by atoms with van der Waals surface area (Å²) in [5.74, 6) is 0.698. The van der Waals surface area contributed by atoms with Crippen molar-refractivity contribution in [3.63, 3.8) is 0 Å². The Morgan fingerprint density at radius 3 is 2.25 bits per heavy atom. The van der Waals surface area contributed by atoms with Crippen molar-refractivity contribution in [1.29, 1.82) is 0 Å². The SMILES string of the molecule is COc1ccc(Cl)cc1NC(=O)C1CCC(C(=O)NC2CC2)CC1. The maximum absolute atomic E-state index is 12.5. The van der Waals surface area contributed by atoms with Crippen LogP contribution >= 0.6 is 11.6 Å². The molecule has 2 amide bonds. The second-order valence-electron chi connectivity index (χ2n) is 6.67. The lowest BCUT2D eigenvalue weighted by Gasteiger charge is -2.27. The summed E-state index contributed by atoms with van der Waals surface area (Å²) in [5, 5.41) is 6.52. The van der Waals surface area contributed by atoms with Crippen molar-refractivity contribution >= 4 is 29.1 Å². The lowest BCUT2D eigenvalue weighted by atomic mass is 9.81. The highest BCUT2D eigenvalue weighted by Crippen LogP contribution is 2.33. The standard InChI is InChI=1S/C18H23ClN2O3/c1-24-16-9-6-13(19)10-15(16)21-18(23)12-4-2-11(3-5-12)17(22)20-14-7-8-14/h6,9-12,14H,2-5,7-8H2,1H3,(H,20,22)(H,21,23). The minimum atomic E-state index is -0.0707. The smallest absolute Gasteiger partial charge is 0.227 e. The molecule has 0 aliphatic heterocycles. The number of carbonyl (C=O) groups is 2. The Morgan fingerprint density at radius 1 is 1.04 bits per heavy atom. The van der Waals surface area contributed by atoms with Gasteiger partial charge in [0.1, 0.15) is 5.75 Å². The normalized spacial score (nSPS) is 23.4. The van der Waals surface area contributed by atoms with Gasteiger partial charge in [-0.1, -0.05) is 11.6 Å². The number of halogens is 1. The lowest BCUT2D eigenvalue weighted by Crippen LogP contribution is -2.36. The van der Waals surface area contributed by atoms with Crippen LogP contribution < -0.4 is 15.4 Å². The van der Waals surface area contributed by atoms with Gasteiger partial charge in [0.15, 0.2) is 0 Å². The molecule has 0 aromatic heterocycles. The van der Waals surface area contributed by atoms with E-state index in [1.807, 2.05) is 0 Å². The van der Waals surface area contributed by atoms with Gasteiger partial charge < -0.3 is 15.4 Å². The molecule has 2 aliphatic rings. The second kappa shape index (κ2) is 7.43. The Labute approximate surface area is 147 Å². The van der Waals surface area contributed by atoms with Crippen LogP contribution in [0.2, 0.25) is 5.02 Å². The van der Waals surface area contributed by atoms with Crippen LogP contribution in [0.3, 0.4) is 0 Å². The number of hydrogen-bond donors (Lipinski definition) is 2. The molecule has 2 aliphatic carbocycles. The average molecular weight is 351 g/mol. The molecule has 0 unspecified atom stereocenters. The van der Waals surface area contributed by atoms with Gasteiger partial charge in [0.25, 0.3) is 0 Å². The largest absolute Gasteiger partial charge is 0.495 e. The van der Waals surface area contributed by atoms with Crippen LogP contribution in [0.15, 0.2) is 18.2 Å². The first-order valence-electron chi connectivity index (χ1n) is 8.51. The van der Waals surface area contributed by atoms with Crippen LogP contribution in [-0.2, 0) is 9.59 Å². The summed E-state index contributed by atoms with van der Waals surface area (Å²) < 4.78 is 5.25. The molecule has 1 aromatic rings. The molecule has 3 rings (SSSR count). The monoisotopic (exact) mass is 350 g/mol. The number of rotatable bonds is 5. The van der Waals surface area contributed by atoms with Crippen molar-refractivity contribution in [3.8, 4) is 5.75 Å². The molecular weight excluding hydrogens is 328 g/mol. The molecule has 0 radical (unpaired) electrons. The molecular formula is C18H23ClN2O3. The van der Waals surface area contributed by atoms with E-state index in [0.717, 1.165) is 38.5 Å². The number of ether oxygens (including phenoxy) is 1. The van der Waals surface area contributed by atoms with E-state index in [-0.39, 0.29) is 23.7 Å². The molecule has 0 spiro atoms. The molecule has 0 heterocycles. The van der Waals surface area contributed by atoms with Gasteiger partial charge in [0.2, 0.25) is 11.8 Å². The van der Waals surface area contributed by atoms with Crippen LogP contribution in [0, 0.1) is 11.8 Å². The maximum atomic E-state index is 12.5. The van der Waals surface area contributed by atoms with E-state index >= 15 is 0 Å². The summed E-state index contributed by atoms with van der Waals surface area (Å²) in [6, 6.07) is 5.54. The molecule has 5 nitrogen and oxygen atoms in total. The lowest BCUT2D eigenvalue weighted by molar-refractivity contribution is -0.128. The first kappa shape index (κ1) is 17.1. The summed E-state index contributed by atoms with van der Waals surface area (Å²) in [6.07, 6.45) is 5.21. The van der Waals surface area contributed by atoms with Crippen molar-refractivity contribution in [3.05, 3.63) is 23.2 Å². The fourth-order valence-electron chi connectivity index (χ4n) is 3.18. The zero-order valence-electron chi connectivity index (χ0n) is 13.8. The maximum Gasteiger partial charge on any atom is 0.227 e. The average Bonchev–Trinajstić information content (AvgIpc) is 3.39. The third-order valence-corrected chi connectivity index (χ3v) is 5.05. The molecule has 0 saturated heterocycles. The van der Waals surface area contributed by atoms with E-state index in [4.69, 9.17) is 16.3 Å². The molecule has 0 bridgehead atoms. The first-order valence-corrected chi connectivity index (χ1v) is 8.89. The molecule has 2 N–H and O–H groups in total. The predicted molar refractivity (Wildman–Crippen MR) is 93.2 cm³/mol. The fraction of sp³-hybridized carbons (Fsp3) is 0.556. The van der Waals surface area contributed by atoms with Crippen LogP contribution in [0.1, 0.15) is 38.5 Å². The molecule has 130 valence electrons. The van der Waals surface area contributed by atoms with E-state index in [1.54, 1.807) is 25.3 Å². The highest BCUT2D eigenvalue weighted by atomic mass is 35.5. The van der Waals surface area contributed by atoms with E-state index in [2.05, 4.69) is 10.6 Å². The van der Waals surface area contributed by atoms with Gasteiger partial charge in [0, 0.05) is 22.9 Å². The minimum absolute atomic E-state index is 0.0309. The zero-order valence-corrected chi connectivity index (χ0v) is 14.6. The number of benzene rings is 1.